The second-order valence-corrected chi connectivity index (χ2v) is 7.35. The molecule has 0 N–H and O–H groups in total. The Morgan fingerprint density at radius 2 is 1.86 bits per heavy atom. The molecule has 7 nitrogen and oxygen atoms in total. The van der Waals surface area contributed by atoms with Gasteiger partial charge in [0, 0.05) is 19.6 Å². The van der Waals surface area contributed by atoms with Gasteiger partial charge in [0.25, 0.3) is 0 Å². The van der Waals surface area contributed by atoms with Crippen molar-refractivity contribution in [1.82, 2.24) is 19.6 Å². The summed E-state index contributed by atoms with van der Waals surface area (Å²) in [5.41, 5.74) is 3.60. The van der Waals surface area contributed by atoms with E-state index in [-0.39, 0.29) is 0 Å². The number of anilines is 2. The van der Waals surface area contributed by atoms with Crippen LogP contribution in [0.1, 0.15) is 17.8 Å². The number of rotatable bonds is 4. The summed E-state index contributed by atoms with van der Waals surface area (Å²) in [7, 11) is 0. The summed E-state index contributed by atoms with van der Waals surface area (Å²) in [6.45, 7) is 4.40. The zero-order chi connectivity index (χ0) is 19.6. The molecule has 5 rings (SSSR count). The molecule has 0 amide bonds. The van der Waals surface area contributed by atoms with E-state index in [0.717, 1.165) is 54.8 Å². The van der Waals surface area contributed by atoms with E-state index in [9.17, 15) is 4.39 Å². The summed E-state index contributed by atoms with van der Waals surface area (Å²) in [6, 6.07) is 7.92. The van der Waals surface area contributed by atoms with E-state index in [1.807, 2.05) is 41.4 Å². The van der Waals surface area contributed by atoms with Crippen LogP contribution in [0.2, 0.25) is 0 Å². The first-order valence-corrected chi connectivity index (χ1v) is 9.97. The molecule has 0 spiro atoms. The molecule has 1 atom stereocenters. The van der Waals surface area contributed by atoms with E-state index >= 15 is 0 Å². The Morgan fingerprint density at radius 3 is 2.62 bits per heavy atom. The Balaban J connectivity index is 1.34. The molecule has 8 heteroatoms. The van der Waals surface area contributed by atoms with Gasteiger partial charge >= 0.3 is 0 Å². The Bertz CT molecular complexity index is 1010. The predicted octanol–water partition coefficient (Wildman–Crippen LogP) is 2.68. The lowest BCUT2D eigenvalue weighted by atomic mass is 10.2. The fourth-order valence-electron chi connectivity index (χ4n) is 3.76. The first-order chi connectivity index (χ1) is 14.3. The maximum atomic E-state index is 13.5. The van der Waals surface area contributed by atoms with E-state index < -0.39 is 6.17 Å². The van der Waals surface area contributed by atoms with E-state index in [2.05, 4.69) is 26.0 Å². The molecule has 2 fully saturated rings. The van der Waals surface area contributed by atoms with Gasteiger partial charge in [0.05, 0.1) is 49.2 Å². The standard InChI is InChI=1S/C21H23FN6O/c22-16-7-8-27(15-16)21-6-5-20-24-14-19(28(20)25-21)4-2-17-1-3-18(13-23-17)26-9-11-29-12-10-26/h1-6,13-14,16H,7-12,15H2/b4-2+. The van der Waals surface area contributed by atoms with E-state index in [1.165, 1.54) is 0 Å². The fraction of sp³-hybridized carbons (Fsp3) is 0.381. The minimum atomic E-state index is -0.777. The molecule has 5 heterocycles. The van der Waals surface area contributed by atoms with Crippen LogP contribution in [0.3, 0.4) is 0 Å². The van der Waals surface area contributed by atoms with Crippen molar-refractivity contribution in [2.45, 2.75) is 12.6 Å². The summed E-state index contributed by atoms with van der Waals surface area (Å²) in [5.74, 6) is 0.776. The van der Waals surface area contributed by atoms with Crippen LogP contribution in [-0.4, -0.2) is 65.1 Å². The lowest BCUT2D eigenvalue weighted by molar-refractivity contribution is 0.122. The quantitative estimate of drug-likeness (QED) is 0.678. The summed E-state index contributed by atoms with van der Waals surface area (Å²) in [5, 5.41) is 4.66. The number of pyridine rings is 1. The third kappa shape index (κ3) is 3.80. The highest BCUT2D eigenvalue weighted by Crippen LogP contribution is 2.21. The molecule has 3 aromatic heterocycles. The van der Waals surface area contributed by atoms with Crippen molar-refractivity contribution in [1.29, 1.82) is 0 Å². The van der Waals surface area contributed by atoms with Crippen LogP contribution < -0.4 is 9.80 Å². The summed E-state index contributed by atoms with van der Waals surface area (Å²) >= 11 is 0. The zero-order valence-electron chi connectivity index (χ0n) is 16.1. The third-order valence-electron chi connectivity index (χ3n) is 5.40. The van der Waals surface area contributed by atoms with Crippen LogP contribution in [0.5, 0.6) is 0 Å². The highest BCUT2D eigenvalue weighted by molar-refractivity contribution is 5.68. The Morgan fingerprint density at radius 1 is 0.966 bits per heavy atom. The van der Waals surface area contributed by atoms with E-state index in [0.29, 0.717) is 19.5 Å². The van der Waals surface area contributed by atoms with Crippen molar-refractivity contribution in [3.05, 3.63) is 48.0 Å². The Labute approximate surface area is 168 Å². The van der Waals surface area contributed by atoms with Gasteiger partial charge in [0.15, 0.2) is 5.65 Å². The van der Waals surface area contributed by atoms with Crippen molar-refractivity contribution in [2.24, 2.45) is 0 Å². The molecule has 0 aliphatic carbocycles. The van der Waals surface area contributed by atoms with Gasteiger partial charge in [-0.25, -0.2) is 13.9 Å². The second-order valence-electron chi connectivity index (χ2n) is 7.35. The molecule has 0 radical (unpaired) electrons. The average molecular weight is 394 g/mol. The van der Waals surface area contributed by atoms with Crippen molar-refractivity contribution >= 4 is 29.3 Å². The first kappa shape index (κ1) is 18.1. The number of ether oxygens (including phenoxy) is 1. The number of aromatic nitrogens is 4. The monoisotopic (exact) mass is 394 g/mol. The maximum absolute atomic E-state index is 13.5. The lowest BCUT2D eigenvalue weighted by Gasteiger charge is -2.28. The van der Waals surface area contributed by atoms with E-state index in [1.54, 1.807) is 10.7 Å². The third-order valence-corrected chi connectivity index (χ3v) is 5.40. The van der Waals surface area contributed by atoms with Crippen LogP contribution in [-0.2, 0) is 4.74 Å². The average Bonchev–Trinajstić information content (AvgIpc) is 3.39. The number of morpholine rings is 1. The van der Waals surface area contributed by atoms with Gasteiger partial charge < -0.3 is 14.5 Å². The number of fused-ring (bicyclic) bond motifs is 1. The summed E-state index contributed by atoms with van der Waals surface area (Å²) < 4.78 is 20.7. The van der Waals surface area contributed by atoms with Crippen molar-refractivity contribution < 1.29 is 9.13 Å². The summed E-state index contributed by atoms with van der Waals surface area (Å²) in [4.78, 5) is 13.2. The fourth-order valence-corrected chi connectivity index (χ4v) is 3.76. The van der Waals surface area contributed by atoms with Gasteiger partial charge in [-0.1, -0.05) is 0 Å². The molecule has 1 unspecified atom stereocenters. The molecule has 2 aliphatic rings. The first-order valence-electron chi connectivity index (χ1n) is 9.97. The minimum absolute atomic E-state index is 0.401. The number of alkyl halides is 1. The molecule has 150 valence electrons. The molecular formula is C21H23FN6O. The van der Waals surface area contributed by atoms with Gasteiger partial charge in [0.2, 0.25) is 0 Å². The molecule has 2 aliphatic heterocycles. The number of halogens is 1. The second kappa shape index (κ2) is 7.79. The molecule has 0 aromatic carbocycles. The lowest BCUT2D eigenvalue weighted by Crippen LogP contribution is -2.36. The van der Waals surface area contributed by atoms with Crippen molar-refractivity contribution in [3.8, 4) is 0 Å². The highest BCUT2D eigenvalue weighted by Gasteiger charge is 2.23. The Hall–Kier alpha value is -3.00. The van der Waals surface area contributed by atoms with Crippen LogP contribution in [0.25, 0.3) is 17.8 Å². The van der Waals surface area contributed by atoms with Crippen LogP contribution in [0.4, 0.5) is 15.9 Å². The van der Waals surface area contributed by atoms with Gasteiger partial charge in [-0.15, -0.1) is 5.10 Å². The maximum Gasteiger partial charge on any atom is 0.154 e. The largest absolute Gasteiger partial charge is 0.378 e. The van der Waals surface area contributed by atoms with Crippen LogP contribution in [0.15, 0.2) is 36.7 Å². The molecular weight excluding hydrogens is 371 g/mol. The number of hydrogen-bond acceptors (Lipinski definition) is 6. The topological polar surface area (TPSA) is 58.8 Å². The molecule has 2 saturated heterocycles. The number of nitrogens with zero attached hydrogens (tertiary/aromatic N) is 6. The van der Waals surface area contributed by atoms with Crippen molar-refractivity contribution in [2.75, 3.05) is 49.2 Å². The Kier molecular flexibility index (Phi) is 4.85. The smallest absolute Gasteiger partial charge is 0.154 e. The number of imidazole rings is 1. The van der Waals surface area contributed by atoms with Crippen molar-refractivity contribution in [3.63, 3.8) is 0 Å². The zero-order valence-corrected chi connectivity index (χ0v) is 16.1. The van der Waals surface area contributed by atoms with Gasteiger partial charge in [0.1, 0.15) is 12.0 Å². The van der Waals surface area contributed by atoms with Gasteiger partial charge in [-0.05, 0) is 42.8 Å². The van der Waals surface area contributed by atoms with E-state index in [4.69, 9.17) is 4.74 Å². The predicted molar refractivity (Wildman–Crippen MR) is 111 cm³/mol. The molecule has 3 aromatic rings. The molecule has 29 heavy (non-hydrogen) atoms. The van der Waals surface area contributed by atoms with Gasteiger partial charge in [-0.3, -0.25) is 4.98 Å². The molecule has 0 bridgehead atoms. The summed E-state index contributed by atoms with van der Waals surface area (Å²) in [6.07, 6.45) is 7.37. The minimum Gasteiger partial charge on any atom is -0.378 e. The van der Waals surface area contributed by atoms with Crippen LogP contribution >= 0.6 is 0 Å². The van der Waals surface area contributed by atoms with Gasteiger partial charge in [-0.2, -0.15) is 0 Å². The van der Waals surface area contributed by atoms with Crippen LogP contribution in [0, 0.1) is 0 Å². The highest BCUT2D eigenvalue weighted by atomic mass is 19.1. The SMILES string of the molecule is FC1CCN(c2ccc3ncc(/C=C/c4ccc(N5CCOCC5)cn4)n3n2)C1. The number of hydrogen-bond donors (Lipinski definition) is 0. The normalized spacial score (nSPS) is 20.2. The molecule has 0 saturated carbocycles.